The maximum atomic E-state index is 13.9. The van der Waals surface area contributed by atoms with Gasteiger partial charge in [-0.25, -0.2) is 8.78 Å². The maximum Gasteiger partial charge on any atom is 0.419 e. The summed E-state index contributed by atoms with van der Waals surface area (Å²) in [6, 6.07) is 2.67. The Labute approximate surface area is 201 Å². The zero-order chi connectivity index (χ0) is 24.9. The van der Waals surface area contributed by atoms with Gasteiger partial charge >= 0.3 is 6.18 Å². The molecule has 2 fully saturated rings. The number of hydrogen-bond donors (Lipinski definition) is 0. The van der Waals surface area contributed by atoms with Crippen LogP contribution < -0.4 is 5.56 Å². The van der Waals surface area contributed by atoms with Gasteiger partial charge in [0.05, 0.1) is 17.5 Å². The van der Waals surface area contributed by atoms with Crippen molar-refractivity contribution < 1.29 is 26.7 Å². The Morgan fingerprint density at radius 1 is 1.17 bits per heavy atom. The number of rotatable bonds is 5. The molecule has 0 spiro atoms. The largest absolute Gasteiger partial charge is 0.419 e. The van der Waals surface area contributed by atoms with E-state index in [-0.39, 0.29) is 48.5 Å². The summed E-state index contributed by atoms with van der Waals surface area (Å²) in [5, 5.41) is 1.80. The van der Waals surface area contributed by atoms with Crippen LogP contribution in [0.3, 0.4) is 0 Å². The number of carbonyl (C=O) groups is 1. The van der Waals surface area contributed by atoms with Crippen LogP contribution in [0.25, 0.3) is 21.2 Å². The number of alkyl halides is 4. The van der Waals surface area contributed by atoms with Crippen LogP contribution in [0.5, 0.6) is 0 Å². The molecule has 186 valence electrons. The molecule has 5 nitrogen and oxygen atoms in total. The standard InChI is InChI=1S/C24H22F5N3O2S/c25-16-4-7-31(11-16)20(33)12-32-10-15(9-30-5-1-6-30)22-21(23(32)34)17(13-35-22)14-2-3-19(26)18(8-14)24(27,28)29/h2-3,8,10,13,16H,1,4-7,9,11-12H2. The van der Waals surface area contributed by atoms with Crippen molar-refractivity contribution in [3.8, 4) is 11.1 Å². The van der Waals surface area contributed by atoms with Crippen molar-refractivity contribution in [2.45, 2.75) is 38.3 Å². The zero-order valence-corrected chi connectivity index (χ0v) is 19.4. The van der Waals surface area contributed by atoms with Gasteiger partial charge in [0.25, 0.3) is 5.56 Å². The van der Waals surface area contributed by atoms with E-state index in [1.165, 1.54) is 26.9 Å². The summed E-state index contributed by atoms with van der Waals surface area (Å²) in [6.07, 6.45) is -3.06. The van der Waals surface area contributed by atoms with Crippen molar-refractivity contribution in [2.24, 2.45) is 0 Å². The molecule has 0 bridgehead atoms. The van der Waals surface area contributed by atoms with E-state index in [1.54, 1.807) is 11.6 Å². The number of hydrogen-bond acceptors (Lipinski definition) is 4. The van der Waals surface area contributed by atoms with Gasteiger partial charge in [0.1, 0.15) is 18.5 Å². The van der Waals surface area contributed by atoms with Gasteiger partial charge in [-0.15, -0.1) is 11.3 Å². The Morgan fingerprint density at radius 2 is 1.94 bits per heavy atom. The third kappa shape index (κ3) is 4.58. The van der Waals surface area contributed by atoms with Crippen LogP contribution in [-0.2, 0) is 24.1 Å². The van der Waals surface area contributed by atoms with Crippen LogP contribution in [0.2, 0.25) is 0 Å². The third-order valence-corrected chi connectivity index (χ3v) is 7.64. The van der Waals surface area contributed by atoms with Crippen LogP contribution in [-0.4, -0.2) is 52.6 Å². The van der Waals surface area contributed by atoms with Crippen molar-refractivity contribution in [1.82, 2.24) is 14.4 Å². The molecule has 1 aromatic carbocycles. The number of fused-ring (bicyclic) bond motifs is 1. The predicted octanol–water partition coefficient (Wildman–Crippen LogP) is 4.66. The minimum absolute atomic E-state index is 0.0179. The van der Waals surface area contributed by atoms with Crippen molar-refractivity contribution in [3.05, 3.63) is 57.1 Å². The lowest BCUT2D eigenvalue weighted by atomic mass is 10.0. The lowest BCUT2D eigenvalue weighted by Crippen LogP contribution is -2.37. The van der Waals surface area contributed by atoms with E-state index in [2.05, 4.69) is 4.90 Å². The highest BCUT2D eigenvalue weighted by molar-refractivity contribution is 7.18. The summed E-state index contributed by atoms with van der Waals surface area (Å²) in [5.41, 5.74) is -0.813. The number of nitrogens with zero attached hydrogens (tertiary/aromatic N) is 3. The molecule has 2 aliphatic rings. The molecule has 2 saturated heterocycles. The van der Waals surface area contributed by atoms with Gasteiger partial charge in [-0.3, -0.25) is 14.5 Å². The van der Waals surface area contributed by atoms with Gasteiger partial charge < -0.3 is 9.47 Å². The van der Waals surface area contributed by atoms with Gasteiger partial charge in [0.2, 0.25) is 5.91 Å². The molecule has 11 heteroatoms. The number of thiophene rings is 1. The maximum absolute atomic E-state index is 13.9. The number of aromatic nitrogens is 1. The van der Waals surface area contributed by atoms with E-state index in [0.717, 1.165) is 31.1 Å². The summed E-state index contributed by atoms with van der Waals surface area (Å²) in [7, 11) is 0. The van der Waals surface area contributed by atoms with E-state index in [4.69, 9.17) is 0 Å². The third-order valence-electron chi connectivity index (χ3n) is 6.58. The lowest BCUT2D eigenvalue weighted by Gasteiger charge is -2.31. The number of likely N-dealkylation sites (tertiary alicyclic amines) is 2. The highest BCUT2D eigenvalue weighted by atomic mass is 32.1. The Hall–Kier alpha value is -2.79. The molecule has 3 aromatic rings. The van der Waals surface area contributed by atoms with Crippen LogP contribution in [0, 0.1) is 5.82 Å². The molecule has 35 heavy (non-hydrogen) atoms. The summed E-state index contributed by atoms with van der Waals surface area (Å²) in [6.45, 7) is 2.26. The zero-order valence-electron chi connectivity index (χ0n) is 18.6. The molecule has 5 rings (SSSR count). The molecule has 0 N–H and O–H groups in total. The summed E-state index contributed by atoms with van der Waals surface area (Å²) < 4.78 is 69.3. The monoisotopic (exact) mass is 511 g/mol. The first-order valence-electron chi connectivity index (χ1n) is 11.3. The molecule has 1 atom stereocenters. The fourth-order valence-electron chi connectivity index (χ4n) is 4.58. The second-order valence-corrected chi connectivity index (χ2v) is 9.87. The fourth-order valence-corrected chi connectivity index (χ4v) is 5.65. The first kappa shape index (κ1) is 23.9. The van der Waals surface area contributed by atoms with Gasteiger partial charge in [-0.2, -0.15) is 13.2 Å². The number of carbonyl (C=O) groups excluding carboxylic acids is 1. The molecular formula is C24H22F5N3O2S. The van der Waals surface area contributed by atoms with Gasteiger partial charge in [0.15, 0.2) is 0 Å². The van der Waals surface area contributed by atoms with E-state index in [1.807, 2.05) is 0 Å². The van der Waals surface area contributed by atoms with Crippen LogP contribution >= 0.6 is 11.3 Å². The predicted molar refractivity (Wildman–Crippen MR) is 122 cm³/mol. The molecule has 0 aliphatic carbocycles. The highest BCUT2D eigenvalue weighted by Gasteiger charge is 2.34. The lowest BCUT2D eigenvalue weighted by molar-refractivity contribution is -0.140. The number of amides is 1. The first-order valence-corrected chi connectivity index (χ1v) is 12.1. The molecule has 0 saturated carbocycles. The molecule has 4 heterocycles. The Morgan fingerprint density at radius 3 is 2.57 bits per heavy atom. The molecule has 1 amide bonds. The second-order valence-electron chi connectivity index (χ2n) is 8.99. The number of pyridine rings is 1. The minimum Gasteiger partial charge on any atom is -0.338 e. The van der Waals surface area contributed by atoms with Crippen LogP contribution in [0.15, 0.2) is 34.6 Å². The Balaban J connectivity index is 1.61. The average molecular weight is 512 g/mol. The van der Waals surface area contributed by atoms with Crippen molar-refractivity contribution in [3.63, 3.8) is 0 Å². The smallest absolute Gasteiger partial charge is 0.338 e. The summed E-state index contributed by atoms with van der Waals surface area (Å²) in [4.78, 5) is 29.8. The van der Waals surface area contributed by atoms with E-state index >= 15 is 0 Å². The average Bonchev–Trinajstić information content (AvgIpc) is 3.40. The fraction of sp³-hybridized carbons (Fsp3) is 0.417. The highest BCUT2D eigenvalue weighted by Crippen LogP contribution is 2.38. The van der Waals surface area contributed by atoms with Crippen LogP contribution in [0.4, 0.5) is 22.0 Å². The molecule has 2 aromatic heterocycles. The van der Waals surface area contributed by atoms with E-state index in [9.17, 15) is 31.5 Å². The molecule has 1 unspecified atom stereocenters. The van der Waals surface area contributed by atoms with Crippen LogP contribution in [0.1, 0.15) is 24.0 Å². The van der Waals surface area contributed by atoms with Crippen molar-refractivity contribution >= 4 is 27.3 Å². The number of halogens is 5. The first-order chi connectivity index (χ1) is 16.6. The quantitative estimate of drug-likeness (QED) is 0.468. The molecule has 2 aliphatic heterocycles. The molecular weight excluding hydrogens is 489 g/mol. The Bertz CT molecular complexity index is 1350. The van der Waals surface area contributed by atoms with E-state index in [0.29, 0.717) is 17.3 Å². The van der Waals surface area contributed by atoms with Gasteiger partial charge in [-0.1, -0.05) is 6.07 Å². The van der Waals surface area contributed by atoms with Gasteiger partial charge in [-0.05, 0) is 43.6 Å². The molecule has 0 radical (unpaired) electrons. The second kappa shape index (κ2) is 9.02. The van der Waals surface area contributed by atoms with E-state index < -0.39 is 29.3 Å². The van der Waals surface area contributed by atoms with Crippen molar-refractivity contribution in [1.29, 1.82) is 0 Å². The Kier molecular flexibility index (Phi) is 6.16. The summed E-state index contributed by atoms with van der Waals surface area (Å²) in [5.74, 6) is -1.78. The topological polar surface area (TPSA) is 45.6 Å². The van der Waals surface area contributed by atoms with Crippen molar-refractivity contribution in [2.75, 3.05) is 26.2 Å². The normalized spacial score (nSPS) is 18.9. The number of benzene rings is 1. The SMILES string of the molecule is O=C(Cn1cc(CN2CCC2)c2scc(-c3ccc(F)c(C(F)(F)F)c3)c2c1=O)N1CCC(F)C1. The van der Waals surface area contributed by atoms with Gasteiger partial charge in [0, 0.05) is 40.5 Å². The minimum atomic E-state index is -4.88. The summed E-state index contributed by atoms with van der Waals surface area (Å²) >= 11 is 1.24.